The van der Waals surface area contributed by atoms with Gasteiger partial charge in [0.1, 0.15) is 0 Å². The van der Waals surface area contributed by atoms with Crippen molar-refractivity contribution >= 4 is 5.91 Å². The van der Waals surface area contributed by atoms with Crippen molar-refractivity contribution in [2.45, 2.75) is 19.1 Å². The molecule has 2 heterocycles. The van der Waals surface area contributed by atoms with Gasteiger partial charge in [0.05, 0.1) is 18.7 Å². The first-order valence-corrected chi connectivity index (χ1v) is 9.37. The smallest absolute Gasteiger partial charge is 0.348 e. The summed E-state index contributed by atoms with van der Waals surface area (Å²) >= 11 is 0. The number of hydrogen-bond acceptors (Lipinski definition) is 6. The van der Waals surface area contributed by atoms with Crippen LogP contribution < -0.4 is 0 Å². The van der Waals surface area contributed by atoms with Gasteiger partial charge < -0.3 is 9.42 Å². The lowest BCUT2D eigenvalue weighted by Gasteiger charge is -2.22. The van der Waals surface area contributed by atoms with Crippen LogP contribution in [-0.4, -0.2) is 77.6 Å². The van der Waals surface area contributed by atoms with E-state index in [-0.39, 0.29) is 11.7 Å². The van der Waals surface area contributed by atoms with Gasteiger partial charge in [-0.3, -0.25) is 14.6 Å². The molecule has 0 bridgehead atoms. The van der Waals surface area contributed by atoms with E-state index in [0.29, 0.717) is 24.5 Å². The monoisotopic (exact) mass is 411 g/mol. The average Bonchev–Trinajstić information content (AvgIpc) is 3.02. The first kappa shape index (κ1) is 21.3. The Bertz CT molecular complexity index is 820. The van der Waals surface area contributed by atoms with Crippen LogP contribution in [0.2, 0.25) is 0 Å². The van der Waals surface area contributed by atoms with E-state index in [4.69, 9.17) is 4.52 Å². The number of amides is 1. The molecule has 1 saturated heterocycles. The van der Waals surface area contributed by atoms with Crippen molar-refractivity contribution in [1.29, 1.82) is 0 Å². The van der Waals surface area contributed by atoms with E-state index >= 15 is 0 Å². The van der Waals surface area contributed by atoms with Gasteiger partial charge in [-0.15, -0.1) is 0 Å². The molecule has 29 heavy (non-hydrogen) atoms. The van der Waals surface area contributed by atoms with Gasteiger partial charge in [-0.2, -0.15) is 18.2 Å². The predicted molar refractivity (Wildman–Crippen MR) is 99.8 cm³/mol. The second-order valence-corrected chi connectivity index (χ2v) is 7.28. The lowest BCUT2D eigenvalue weighted by atomic mass is 10.1. The van der Waals surface area contributed by atoms with Gasteiger partial charge >= 0.3 is 6.18 Å². The van der Waals surface area contributed by atoms with Crippen LogP contribution in [0.5, 0.6) is 0 Å². The number of likely N-dealkylation sites (N-methyl/N-ethyl adjacent to an activating group) is 1. The number of alkyl halides is 3. The molecule has 3 rings (SSSR count). The van der Waals surface area contributed by atoms with Crippen LogP contribution in [0.4, 0.5) is 13.2 Å². The van der Waals surface area contributed by atoms with Gasteiger partial charge in [-0.25, -0.2) is 0 Å². The minimum Gasteiger partial charge on any atom is -0.348 e. The summed E-state index contributed by atoms with van der Waals surface area (Å²) in [7, 11) is 3.49. The number of benzene rings is 1. The molecule has 1 amide bonds. The fourth-order valence-electron chi connectivity index (χ4n) is 3.11. The van der Waals surface area contributed by atoms with Crippen LogP contribution in [0.25, 0.3) is 11.4 Å². The van der Waals surface area contributed by atoms with Gasteiger partial charge in [0, 0.05) is 32.7 Å². The maximum atomic E-state index is 12.7. The lowest BCUT2D eigenvalue weighted by Crippen LogP contribution is -2.38. The fourth-order valence-corrected chi connectivity index (χ4v) is 3.11. The van der Waals surface area contributed by atoms with E-state index in [0.717, 1.165) is 44.7 Å². The Morgan fingerprint density at radius 2 is 1.76 bits per heavy atom. The minimum absolute atomic E-state index is 0.0801. The van der Waals surface area contributed by atoms with E-state index < -0.39 is 11.7 Å². The number of hydrogen-bond donors (Lipinski definition) is 0. The summed E-state index contributed by atoms with van der Waals surface area (Å²) in [6, 6.07) is 4.68. The molecule has 0 saturated carbocycles. The highest BCUT2D eigenvalue weighted by Gasteiger charge is 2.30. The van der Waals surface area contributed by atoms with Crippen LogP contribution in [-0.2, 0) is 17.5 Å². The quantitative estimate of drug-likeness (QED) is 0.753. The van der Waals surface area contributed by atoms with Crippen molar-refractivity contribution in [3.05, 3.63) is 35.7 Å². The highest BCUT2D eigenvalue weighted by molar-refractivity contribution is 5.77. The Balaban J connectivity index is 1.57. The number of halogens is 3. The molecule has 1 aliphatic heterocycles. The summed E-state index contributed by atoms with van der Waals surface area (Å²) in [6.45, 7) is 4.07. The maximum absolute atomic E-state index is 12.7. The SMILES string of the molecule is CN(C)C(=O)CN1CCCN(Cc2nc(-c3ccc(C(F)(F)F)cc3)no2)CC1. The zero-order chi connectivity index (χ0) is 21.0. The molecule has 0 radical (unpaired) electrons. The van der Waals surface area contributed by atoms with Gasteiger partial charge in [0.25, 0.3) is 0 Å². The number of rotatable bonds is 5. The predicted octanol–water partition coefficient (Wildman–Crippen LogP) is 2.35. The first-order valence-electron chi connectivity index (χ1n) is 9.37. The summed E-state index contributed by atoms with van der Waals surface area (Å²) in [6.07, 6.45) is -3.46. The Morgan fingerprint density at radius 1 is 1.10 bits per heavy atom. The minimum atomic E-state index is -4.38. The van der Waals surface area contributed by atoms with Crippen LogP contribution in [0.15, 0.2) is 28.8 Å². The Morgan fingerprint density at radius 3 is 2.41 bits per heavy atom. The maximum Gasteiger partial charge on any atom is 0.416 e. The third-order valence-corrected chi connectivity index (χ3v) is 4.84. The van der Waals surface area contributed by atoms with Crippen molar-refractivity contribution in [3.8, 4) is 11.4 Å². The zero-order valence-corrected chi connectivity index (χ0v) is 16.4. The summed E-state index contributed by atoms with van der Waals surface area (Å²) < 4.78 is 43.3. The van der Waals surface area contributed by atoms with Crippen LogP contribution in [0, 0.1) is 0 Å². The van der Waals surface area contributed by atoms with Gasteiger partial charge in [-0.05, 0) is 31.6 Å². The second kappa shape index (κ2) is 8.91. The molecule has 7 nitrogen and oxygen atoms in total. The highest BCUT2D eigenvalue weighted by Crippen LogP contribution is 2.30. The molecule has 0 aliphatic carbocycles. The molecule has 0 unspecified atom stereocenters. The summed E-state index contributed by atoms with van der Waals surface area (Å²) in [4.78, 5) is 22.1. The lowest BCUT2D eigenvalue weighted by molar-refractivity contribution is -0.137. The number of carbonyl (C=O) groups excluding carboxylic acids is 1. The molecule has 0 atom stereocenters. The Kier molecular flexibility index (Phi) is 6.53. The van der Waals surface area contributed by atoms with E-state index in [9.17, 15) is 18.0 Å². The second-order valence-electron chi connectivity index (χ2n) is 7.28. The largest absolute Gasteiger partial charge is 0.416 e. The van der Waals surface area contributed by atoms with Crippen molar-refractivity contribution in [2.24, 2.45) is 0 Å². The van der Waals surface area contributed by atoms with Crippen LogP contribution in [0.1, 0.15) is 17.9 Å². The Labute approximate surface area is 167 Å². The molecule has 10 heteroatoms. The molecular weight excluding hydrogens is 387 g/mol. The third kappa shape index (κ3) is 5.77. The number of carbonyl (C=O) groups is 1. The topological polar surface area (TPSA) is 65.7 Å². The molecule has 1 aromatic heterocycles. The van der Waals surface area contributed by atoms with E-state index in [1.54, 1.807) is 19.0 Å². The molecular formula is C19H24F3N5O2. The van der Waals surface area contributed by atoms with Gasteiger partial charge in [0.2, 0.25) is 17.6 Å². The first-order chi connectivity index (χ1) is 13.7. The number of aromatic nitrogens is 2. The molecule has 2 aromatic rings. The van der Waals surface area contributed by atoms with Gasteiger partial charge in [0.15, 0.2) is 0 Å². The molecule has 0 spiro atoms. The molecule has 1 aliphatic rings. The molecule has 0 N–H and O–H groups in total. The molecule has 1 aromatic carbocycles. The molecule has 158 valence electrons. The van der Waals surface area contributed by atoms with Crippen molar-refractivity contribution in [3.63, 3.8) is 0 Å². The third-order valence-electron chi connectivity index (χ3n) is 4.84. The summed E-state index contributed by atoms with van der Waals surface area (Å²) in [5, 5.41) is 3.89. The van der Waals surface area contributed by atoms with Crippen LogP contribution in [0.3, 0.4) is 0 Å². The van der Waals surface area contributed by atoms with E-state index in [1.807, 2.05) is 0 Å². The van der Waals surface area contributed by atoms with E-state index in [1.165, 1.54) is 12.1 Å². The van der Waals surface area contributed by atoms with E-state index in [2.05, 4.69) is 19.9 Å². The summed E-state index contributed by atoms with van der Waals surface area (Å²) in [5.74, 6) is 0.760. The van der Waals surface area contributed by atoms with Gasteiger partial charge in [-0.1, -0.05) is 17.3 Å². The average molecular weight is 411 g/mol. The summed E-state index contributed by atoms with van der Waals surface area (Å²) in [5.41, 5.74) is -0.246. The highest BCUT2D eigenvalue weighted by atomic mass is 19.4. The van der Waals surface area contributed by atoms with Crippen LogP contribution >= 0.6 is 0 Å². The fraction of sp³-hybridized carbons (Fsp3) is 0.526. The number of nitrogens with zero attached hydrogens (tertiary/aromatic N) is 5. The van der Waals surface area contributed by atoms with Crippen molar-refractivity contribution in [1.82, 2.24) is 24.8 Å². The van der Waals surface area contributed by atoms with Crippen molar-refractivity contribution < 1.29 is 22.5 Å². The standard InChI is InChI=1S/C19H24F3N5O2/c1-25(2)17(28)13-27-9-3-8-26(10-11-27)12-16-23-18(24-29-16)14-4-6-15(7-5-14)19(20,21)22/h4-7H,3,8-13H2,1-2H3. The normalized spacial score (nSPS) is 16.6. The van der Waals surface area contributed by atoms with Crippen molar-refractivity contribution in [2.75, 3.05) is 46.8 Å². The zero-order valence-electron chi connectivity index (χ0n) is 16.4. The Hall–Kier alpha value is -2.46. The molecule has 1 fully saturated rings.